The Bertz CT molecular complexity index is 219. The third-order valence-electron chi connectivity index (χ3n) is 2.27. The summed E-state index contributed by atoms with van der Waals surface area (Å²) in [5, 5.41) is 3.27. The fraction of sp³-hybridized carbons (Fsp3) is 0.600. The molecule has 72 valence electrons. The highest BCUT2D eigenvalue weighted by Crippen LogP contribution is 2.02. The zero-order valence-electron chi connectivity index (χ0n) is 8.33. The Labute approximate surface area is 79.6 Å². The zero-order valence-corrected chi connectivity index (χ0v) is 8.33. The lowest BCUT2D eigenvalue weighted by molar-refractivity contribution is 0.506. The van der Waals surface area contributed by atoms with Gasteiger partial charge in [-0.2, -0.15) is 0 Å². The van der Waals surface area contributed by atoms with Crippen LogP contribution in [0.4, 0.5) is 0 Å². The van der Waals surface area contributed by atoms with Crippen molar-refractivity contribution in [2.75, 3.05) is 7.05 Å². The summed E-state index contributed by atoms with van der Waals surface area (Å²) in [6.45, 7) is 2.19. The molecule has 1 atom stereocenters. The van der Waals surface area contributed by atoms with Crippen LogP contribution in [0.1, 0.15) is 25.5 Å². The summed E-state index contributed by atoms with van der Waals surface area (Å²) in [6.07, 6.45) is 8.59. The maximum Gasteiger partial charge on any atom is 0.0587 e. The van der Waals surface area contributed by atoms with Gasteiger partial charge in [-0.05, 0) is 26.3 Å². The van der Waals surface area contributed by atoms with E-state index in [9.17, 15) is 0 Å². The molecule has 3 nitrogen and oxygen atoms in total. The number of aromatic nitrogens is 2. The van der Waals surface area contributed by atoms with Crippen molar-refractivity contribution in [3.8, 4) is 0 Å². The van der Waals surface area contributed by atoms with Gasteiger partial charge in [-0.25, -0.2) is 0 Å². The highest BCUT2D eigenvalue weighted by atomic mass is 14.9. The summed E-state index contributed by atoms with van der Waals surface area (Å²) < 4.78 is 0. The van der Waals surface area contributed by atoms with E-state index in [1.165, 1.54) is 0 Å². The zero-order chi connectivity index (χ0) is 9.52. The van der Waals surface area contributed by atoms with Gasteiger partial charge in [0.05, 0.1) is 5.69 Å². The molecule has 0 aliphatic heterocycles. The van der Waals surface area contributed by atoms with Gasteiger partial charge in [-0.1, -0.05) is 6.92 Å². The fourth-order valence-corrected chi connectivity index (χ4v) is 1.33. The van der Waals surface area contributed by atoms with Crippen LogP contribution in [0.25, 0.3) is 0 Å². The molecule has 0 radical (unpaired) electrons. The van der Waals surface area contributed by atoms with Crippen LogP contribution in [0.3, 0.4) is 0 Å². The van der Waals surface area contributed by atoms with E-state index in [0.29, 0.717) is 6.04 Å². The Hall–Kier alpha value is -0.960. The first-order valence-electron chi connectivity index (χ1n) is 4.79. The number of hydrogen-bond donors (Lipinski definition) is 1. The van der Waals surface area contributed by atoms with Crippen molar-refractivity contribution < 1.29 is 0 Å². The number of aryl methyl sites for hydroxylation is 1. The third kappa shape index (κ3) is 3.51. The van der Waals surface area contributed by atoms with Crippen molar-refractivity contribution in [1.82, 2.24) is 15.3 Å². The minimum absolute atomic E-state index is 0.599. The minimum Gasteiger partial charge on any atom is -0.317 e. The van der Waals surface area contributed by atoms with Gasteiger partial charge >= 0.3 is 0 Å². The van der Waals surface area contributed by atoms with E-state index in [1.54, 1.807) is 12.4 Å². The van der Waals surface area contributed by atoms with Crippen molar-refractivity contribution in [1.29, 1.82) is 0 Å². The molecule has 0 spiro atoms. The summed E-state index contributed by atoms with van der Waals surface area (Å²) in [5.41, 5.74) is 1.08. The molecule has 1 rings (SSSR count). The lowest BCUT2D eigenvalue weighted by atomic mass is 10.1. The van der Waals surface area contributed by atoms with Crippen LogP contribution in [0.2, 0.25) is 0 Å². The average molecular weight is 179 g/mol. The number of nitrogens with one attached hydrogen (secondary N) is 1. The third-order valence-corrected chi connectivity index (χ3v) is 2.27. The molecule has 0 amide bonds. The summed E-state index contributed by atoms with van der Waals surface area (Å²) in [5.74, 6) is 0. The largest absolute Gasteiger partial charge is 0.317 e. The molecule has 3 heteroatoms. The summed E-state index contributed by atoms with van der Waals surface area (Å²) in [7, 11) is 2.00. The predicted molar refractivity (Wildman–Crippen MR) is 53.5 cm³/mol. The molecule has 1 aromatic rings. The second kappa shape index (κ2) is 5.65. The van der Waals surface area contributed by atoms with Crippen LogP contribution < -0.4 is 5.32 Å². The van der Waals surface area contributed by atoms with Gasteiger partial charge in [0, 0.05) is 24.6 Å². The van der Waals surface area contributed by atoms with E-state index in [2.05, 4.69) is 22.2 Å². The molecule has 0 fully saturated rings. The smallest absolute Gasteiger partial charge is 0.0587 e. The molecule has 13 heavy (non-hydrogen) atoms. The Morgan fingerprint density at radius 1 is 1.46 bits per heavy atom. The van der Waals surface area contributed by atoms with E-state index >= 15 is 0 Å². The molecule has 0 saturated heterocycles. The quantitative estimate of drug-likeness (QED) is 0.742. The SMILES string of the molecule is CCC(CCc1cnccn1)NC. The monoisotopic (exact) mass is 179 g/mol. The number of hydrogen-bond acceptors (Lipinski definition) is 3. The Kier molecular flexibility index (Phi) is 4.40. The van der Waals surface area contributed by atoms with Gasteiger partial charge in [-0.15, -0.1) is 0 Å². The first kappa shape index (κ1) is 10.1. The van der Waals surface area contributed by atoms with Gasteiger partial charge in [0.25, 0.3) is 0 Å². The van der Waals surface area contributed by atoms with Crippen LogP contribution >= 0.6 is 0 Å². The summed E-state index contributed by atoms with van der Waals surface area (Å²) in [4.78, 5) is 8.26. The van der Waals surface area contributed by atoms with E-state index in [-0.39, 0.29) is 0 Å². The van der Waals surface area contributed by atoms with E-state index < -0.39 is 0 Å². The molecule has 0 saturated carbocycles. The van der Waals surface area contributed by atoms with Crippen molar-refractivity contribution in [3.63, 3.8) is 0 Å². The lowest BCUT2D eigenvalue weighted by Crippen LogP contribution is -2.24. The maximum absolute atomic E-state index is 4.23. The van der Waals surface area contributed by atoms with Crippen molar-refractivity contribution in [3.05, 3.63) is 24.3 Å². The molecule has 1 heterocycles. The van der Waals surface area contributed by atoms with Gasteiger partial charge in [0.2, 0.25) is 0 Å². The Morgan fingerprint density at radius 2 is 2.31 bits per heavy atom. The topological polar surface area (TPSA) is 37.8 Å². The van der Waals surface area contributed by atoms with Crippen LogP contribution in [0, 0.1) is 0 Å². The summed E-state index contributed by atoms with van der Waals surface area (Å²) >= 11 is 0. The van der Waals surface area contributed by atoms with Crippen LogP contribution in [0.5, 0.6) is 0 Å². The summed E-state index contributed by atoms with van der Waals surface area (Å²) in [6, 6.07) is 0.599. The van der Waals surface area contributed by atoms with Crippen LogP contribution in [-0.2, 0) is 6.42 Å². The normalized spacial score (nSPS) is 12.8. The van der Waals surface area contributed by atoms with Crippen LogP contribution in [0.15, 0.2) is 18.6 Å². The standard InChI is InChI=1S/C10H17N3/c1-3-9(11-2)4-5-10-8-12-6-7-13-10/h6-9,11H,3-5H2,1-2H3. The molecule has 1 N–H and O–H groups in total. The van der Waals surface area contributed by atoms with Gasteiger partial charge in [0.15, 0.2) is 0 Å². The molecule has 1 aromatic heterocycles. The second-order valence-electron chi connectivity index (χ2n) is 3.13. The van der Waals surface area contributed by atoms with E-state index in [0.717, 1.165) is 25.0 Å². The Morgan fingerprint density at radius 3 is 2.85 bits per heavy atom. The highest BCUT2D eigenvalue weighted by molar-refractivity contribution is 4.95. The number of nitrogens with zero attached hydrogens (tertiary/aromatic N) is 2. The number of rotatable bonds is 5. The Balaban J connectivity index is 2.34. The average Bonchev–Trinajstić information content (AvgIpc) is 2.21. The van der Waals surface area contributed by atoms with E-state index in [1.807, 2.05) is 13.2 Å². The van der Waals surface area contributed by atoms with Gasteiger partial charge in [0.1, 0.15) is 0 Å². The lowest BCUT2D eigenvalue weighted by Gasteiger charge is -2.12. The minimum atomic E-state index is 0.599. The van der Waals surface area contributed by atoms with E-state index in [4.69, 9.17) is 0 Å². The van der Waals surface area contributed by atoms with Gasteiger partial charge in [-0.3, -0.25) is 9.97 Å². The predicted octanol–water partition coefficient (Wildman–Crippen LogP) is 1.41. The molecule has 0 aliphatic carbocycles. The second-order valence-corrected chi connectivity index (χ2v) is 3.13. The van der Waals surface area contributed by atoms with Crippen molar-refractivity contribution in [2.45, 2.75) is 32.2 Å². The molecule has 1 unspecified atom stereocenters. The van der Waals surface area contributed by atoms with Crippen molar-refractivity contribution >= 4 is 0 Å². The van der Waals surface area contributed by atoms with Gasteiger partial charge < -0.3 is 5.32 Å². The fourth-order valence-electron chi connectivity index (χ4n) is 1.33. The molecular weight excluding hydrogens is 162 g/mol. The van der Waals surface area contributed by atoms with Crippen LogP contribution in [-0.4, -0.2) is 23.1 Å². The highest BCUT2D eigenvalue weighted by Gasteiger charge is 2.03. The molecule has 0 aromatic carbocycles. The first-order valence-corrected chi connectivity index (χ1v) is 4.79. The molecule has 0 bridgehead atoms. The maximum atomic E-state index is 4.23. The van der Waals surface area contributed by atoms with Crippen molar-refractivity contribution in [2.24, 2.45) is 0 Å². The molecule has 0 aliphatic rings. The molecular formula is C10H17N3. The first-order chi connectivity index (χ1) is 6.36.